The van der Waals surface area contributed by atoms with Gasteiger partial charge in [0, 0.05) is 17.7 Å². The van der Waals surface area contributed by atoms with Crippen LogP contribution < -0.4 is 10.6 Å². The average molecular weight is 362 g/mol. The van der Waals surface area contributed by atoms with E-state index in [2.05, 4.69) is 20.6 Å². The number of nitrogens with zero attached hydrogens (tertiary/aromatic N) is 2. The predicted octanol–water partition coefficient (Wildman–Crippen LogP) is 2.29. The Kier molecular flexibility index (Phi) is 4.71. The molecule has 0 spiro atoms. The number of nitrogens with one attached hydrogen (secondary N) is 2. The molecule has 1 aromatic heterocycles. The molecule has 2 N–H and O–H groups in total. The summed E-state index contributed by atoms with van der Waals surface area (Å²) in [5.74, 6) is 0.710. The van der Waals surface area contributed by atoms with E-state index in [9.17, 15) is 9.59 Å². The summed E-state index contributed by atoms with van der Waals surface area (Å²) in [7, 11) is 0. The maximum Gasteiger partial charge on any atom is 0.228 e. The molecule has 6 heteroatoms. The van der Waals surface area contributed by atoms with Crippen LogP contribution in [0.5, 0.6) is 0 Å². The lowest BCUT2D eigenvalue weighted by molar-refractivity contribution is -0.121. The van der Waals surface area contributed by atoms with E-state index in [1.807, 2.05) is 43.3 Å². The zero-order valence-electron chi connectivity index (χ0n) is 15.2. The molecular weight excluding hydrogens is 340 g/mol. The molecule has 1 fully saturated rings. The van der Waals surface area contributed by atoms with E-state index in [-0.39, 0.29) is 30.2 Å². The fourth-order valence-corrected chi connectivity index (χ4v) is 3.19. The molecule has 1 saturated carbocycles. The highest BCUT2D eigenvalue weighted by Gasteiger charge is 2.31. The lowest BCUT2D eigenvalue weighted by atomic mass is 10.1. The highest BCUT2D eigenvalue weighted by atomic mass is 16.2. The molecule has 0 saturated heterocycles. The van der Waals surface area contributed by atoms with Crippen molar-refractivity contribution in [3.63, 3.8) is 0 Å². The monoisotopic (exact) mass is 362 g/mol. The van der Waals surface area contributed by atoms with Crippen LogP contribution in [0.2, 0.25) is 0 Å². The van der Waals surface area contributed by atoms with E-state index in [4.69, 9.17) is 0 Å². The van der Waals surface area contributed by atoms with E-state index in [1.54, 1.807) is 6.20 Å². The average Bonchev–Trinajstić information content (AvgIpc) is 3.45. The van der Waals surface area contributed by atoms with Gasteiger partial charge in [0.15, 0.2) is 0 Å². The predicted molar refractivity (Wildman–Crippen MR) is 102 cm³/mol. The van der Waals surface area contributed by atoms with Crippen molar-refractivity contribution in [2.24, 2.45) is 10.9 Å². The van der Waals surface area contributed by atoms with E-state index >= 15 is 0 Å². The van der Waals surface area contributed by atoms with Gasteiger partial charge in [0.05, 0.1) is 24.7 Å². The number of amides is 2. The summed E-state index contributed by atoms with van der Waals surface area (Å²) in [6, 6.07) is 11.7. The topological polar surface area (TPSA) is 83.5 Å². The van der Waals surface area contributed by atoms with Crippen molar-refractivity contribution in [1.82, 2.24) is 15.6 Å². The zero-order chi connectivity index (χ0) is 18.8. The molecule has 2 aliphatic rings. The first kappa shape index (κ1) is 17.4. The minimum absolute atomic E-state index is 0.0416. The van der Waals surface area contributed by atoms with E-state index in [1.165, 1.54) is 0 Å². The number of hydrogen-bond acceptors (Lipinski definition) is 4. The SMILES string of the molecule is C[C@@H](NC(=O)Cc1cc2c(cn1)C(NC(=O)C1CC1)=NC2)c1ccccc1. The second-order valence-corrected chi connectivity index (χ2v) is 7.14. The molecule has 4 rings (SSSR count). The van der Waals surface area contributed by atoms with Crippen LogP contribution in [0.1, 0.15) is 48.2 Å². The number of amidine groups is 1. The molecule has 27 heavy (non-hydrogen) atoms. The smallest absolute Gasteiger partial charge is 0.228 e. The van der Waals surface area contributed by atoms with Crippen LogP contribution in [0.4, 0.5) is 0 Å². The van der Waals surface area contributed by atoms with Gasteiger partial charge in [-0.15, -0.1) is 0 Å². The Morgan fingerprint density at radius 2 is 2.00 bits per heavy atom. The van der Waals surface area contributed by atoms with Crippen LogP contribution in [0, 0.1) is 5.92 Å². The molecule has 0 bridgehead atoms. The number of aliphatic imine (C=N–C) groups is 1. The van der Waals surface area contributed by atoms with Gasteiger partial charge in [0.2, 0.25) is 11.8 Å². The van der Waals surface area contributed by atoms with E-state index in [0.717, 1.165) is 29.5 Å². The van der Waals surface area contributed by atoms with Crippen LogP contribution in [-0.4, -0.2) is 22.6 Å². The lowest BCUT2D eigenvalue weighted by Gasteiger charge is -2.14. The summed E-state index contributed by atoms with van der Waals surface area (Å²) in [6.07, 6.45) is 3.84. The largest absolute Gasteiger partial charge is 0.349 e. The fraction of sp³-hybridized carbons (Fsp3) is 0.333. The molecule has 138 valence electrons. The van der Waals surface area contributed by atoms with Gasteiger partial charge in [0.25, 0.3) is 0 Å². The van der Waals surface area contributed by atoms with Crippen molar-refractivity contribution in [2.45, 2.75) is 38.8 Å². The molecular formula is C21H22N4O2. The number of hydrogen-bond donors (Lipinski definition) is 2. The molecule has 2 amide bonds. The third-order valence-electron chi connectivity index (χ3n) is 4.92. The highest BCUT2D eigenvalue weighted by Crippen LogP contribution is 2.29. The molecule has 2 heterocycles. The number of aromatic nitrogens is 1. The number of carbonyl (C=O) groups is 2. The highest BCUT2D eigenvalue weighted by molar-refractivity contribution is 6.10. The van der Waals surface area contributed by atoms with Crippen molar-refractivity contribution in [1.29, 1.82) is 0 Å². The first-order valence-electron chi connectivity index (χ1n) is 9.28. The van der Waals surface area contributed by atoms with Crippen molar-refractivity contribution in [3.8, 4) is 0 Å². The van der Waals surface area contributed by atoms with Crippen molar-refractivity contribution < 1.29 is 9.59 Å². The molecule has 1 aliphatic carbocycles. The second-order valence-electron chi connectivity index (χ2n) is 7.14. The Hall–Kier alpha value is -3.02. The number of benzene rings is 1. The number of carbonyl (C=O) groups excluding carboxylic acids is 2. The molecule has 1 aromatic carbocycles. The molecule has 2 aromatic rings. The van der Waals surface area contributed by atoms with Gasteiger partial charge >= 0.3 is 0 Å². The van der Waals surface area contributed by atoms with Gasteiger partial charge < -0.3 is 10.6 Å². The second kappa shape index (κ2) is 7.31. The van der Waals surface area contributed by atoms with Crippen LogP contribution in [0.25, 0.3) is 0 Å². The van der Waals surface area contributed by atoms with Crippen molar-refractivity contribution in [2.75, 3.05) is 0 Å². The maximum absolute atomic E-state index is 12.4. The zero-order valence-corrected chi connectivity index (χ0v) is 15.2. The molecule has 1 aliphatic heterocycles. The Bertz CT molecular complexity index is 904. The van der Waals surface area contributed by atoms with Crippen LogP contribution in [-0.2, 0) is 22.6 Å². The van der Waals surface area contributed by atoms with Gasteiger partial charge in [0.1, 0.15) is 5.84 Å². The minimum Gasteiger partial charge on any atom is -0.349 e. The third kappa shape index (κ3) is 4.05. The van der Waals surface area contributed by atoms with Gasteiger partial charge in [-0.3, -0.25) is 19.6 Å². The van der Waals surface area contributed by atoms with Crippen LogP contribution >= 0.6 is 0 Å². The normalized spacial score (nSPS) is 16.3. The van der Waals surface area contributed by atoms with Crippen LogP contribution in [0.3, 0.4) is 0 Å². The summed E-state index contributed by atoms with van der Waals surface area (Å²) < 4.78 is 0. The number of fused-ring (bicyclic) bond motifs is 1. The van der Waals surface area contributed by atoms with E-state index in [0.29, 0.717) is 18.1 Å². The van der Waals surface area contributed by atoms with Gasteiger partial charge in [-0.2, -0.15) is 0 Å². The Labute approximate surface area is 158 Å². The Morgan fingerprint density at radius 1 is 1.22 bits per heavy atom. The fourth-order valence-electron chi connectivity index (χ4n) is 3.19. The first-order valence-corrected chi connectivity index (χ1v) is 9.28. The quantitative estimate of drug-likeness (QED) is 0.856. The van der Waals surface area contributed by atoms with Crippen LogP contribution in [0.15, 0.2) is 47.6 Å². The first-order chi connectivity index (χ1) is 13.1. The van der Waals surface area contributed by atoms with E-state index < -0.39 is 0 Å². The minimum atomic E-state index is -0.0695. The Morgan fingerprint density at radius 3 is 2.74 bits per heavy atom. The number of rotatable bonds is 5. The lowest BCUT2D eigenvalue weighted by Crippen LogP contribution is -2.31. The summed E-state index contributed by atoms with van der Waals surface area (Å²) >= 11 is 0. The van der Waals surface area contributed by atoms with Gasteiger partial charge in [-0.05, 0) is 37.0 Å². The molecule has 1 atom stereocenters. The van der Waals surface area contributed by atoms with Crippen molar-refractivity contribution >= 4 is 17.6 Å². The summed E-state index contributed by atoms with van der Waals surface area (Å²) in [5.41, 5.74) is 3.62. The maximum atomic E-state index is 12.4. The molecule has 6 nitrogen and oxygen atoms in total. The summed E-state index contributed by atoms with van der Waals surface area (Å²) in [5, 5.41) is 5.90. The van der Waals surface area contributed by atoms with Gasteiger partial charge in [-0.1, -0.05) is 30.3 Å². The van der Waals surface area contributed by atoms with Gasteiger partial charge in [-0.25, -0.2) is 0 Å². The Balaban J connectivity index is 1.37. The standard InChI is InChI=1S/C21H22N4O2/c1-13(14-5-3-2-4-6-14)24-19(26)10-17-9-16-11-23-20(18(16)12-22-17)25-21(27)15-7-8-15/h2-6,9,12-13,15H,7-8,10-11H2,1H3,(H,24,26)(H,23,25,27)/t13-/m1/s1. The number of pyridine rings is 1. The molecule has 0 unspecified atom stereocenters. The summed E-state index contributed by atoms with van der Waals surface area (Å²) in [4.78, 5) is 33.1. The third-order valence-corrected chi connectivity index (χ3v) is 4.92. The molecule has 0 radical (unpaired) electrons. The summed E-state index contributed by atoms with van der Waals surface area (Å²) in [6.45, 7) is 2.47. The van der Waals surface area contributed by atoms with Crippen molar-refractivity contribution in [3.05, 3.63) is 65.0 Å².